The molecule has 25 heavy (non-hydrogen) atoms. The normalized spacial score (nSPS) is 10.7. The summed E-state index contributed by atoms with van der Waals surface area (Å²) in [7, 11) is -4.57. The van der Waals surface area contributed by atoms with Crippen LogP contribution < -0.4 is 10.6 Å². The molecule has 0 aliphatic heterocycles. The first kappa shape index (κ1) is 19.2. The molecule has 0 unspecified atom stereocenters. The molecule has 0 spiro atoms. The van der Waals surface area contributed by atoms with Crippen LogP contribution in [-0.2, 0) is 10.1 Å². The minimum absolute atomic E-state index is 0.271. The molecule has 0 fully saturated rings. The molecule has 0 saturated carbocycles. The largest absolute Gasteiger partial charge is 0.744 e. The summed E-state index contributed by atoms with van der Waals surface area (Å²) in [5, 5.41) is 2.90. The Hall–Kier alpha value is -2.14. The van der Waals surface area contributed by atoms with Crippen LogP contribution in [0.15, 0.2) is 83.8 Å². The van der Waals surface area contributed by atoms with E-state index in [0.29, 0.717) is 18.2 Å². The second kappa shape index (κ2) is 8.81. The van der Waals surface area contributed by atoms with Crippen molar-refractivity contribution in [3.63, 3.8) is 0 Å². The van der Waals surface area contributed by atoms with Gasteiger partial charge < -0.3 is 4.55 Å². The number of hydrogen-bond donors (Lipinski definition) is 0. The minimum Gasteiger partial charge on any atom is -0.744 e. The highest BCUT2D eigenvalue weighted by Crippen LogP contribution is 2.14. The molecular formula is C18H15F2O3PS. The molecule has 0 saturated heterocycles. The van der Waals surface area contributed by atoms with Crippen molar-refractivity contribution in [1.82, 2.24) is 0 Å². The van der Waals surface area contributed by atoms with Crippen LogP contribution in [0, 0.1) is 11.6 Å². The molecule has 0 radical (unpaired) electrons. The standard InChI is InChI=1S/C12H11P.C6H4F2O3S/c1-3-7-11(8-4-1)13-12-9-5-2-6-10-12;7-4-1-2-6(5(8)3-4)12(9,10)11/h1-10,13H;1-3H,(H,9,10,11). The molecule has 3 rings (SSSR count). The maximum Gasteiger partial charge on any atom is 0.143 e. The SMILES string of the molecule is O=S(=O)([O-])c1ccc(F)cc1F.c1ccc([PH2+]c2ccccc2)cc1. The van der Waals surface area contributed by atoms with E-state index < -0.39 is 26.6 Å². The lowest BCUT2D eigenvalue weighted by atomic mass is 10.3. The summed E-state index contributed by atoms with van der Waals surface area (Å²) in [5.41, 5.74) is 0. The van der Waals surface area contributed by atoms with Crippen LogP contribution in [0.1, 0.15) is 0 Å². The van der Waals surface area contributed by atoms with E-state index in [1.807, 2.05) is 0 Å². The van der Waals surface area contributed by atoms with Gasteiger partial charge in [-0.05, 0) is 36.4 Å². The van der Waals surface area contributed by atoms with Crippen molar-refractivity contribution in [2.45, 2.75) is 4.90 Å². The number of halogens is 2. The average molecular weight is 380 g/mol. The second-order valence-corrected chi connectivity index (χ2v) is 7.96. The highest BCUT2D eigenvalue weighted by atomic mass is 32.2. The fourth-order valence-electron chi connectivity index (χ4n) is 1.97. The van der Waals surface area contributed by atoms with Gasteiger partial charge in [0.2, 0.25) is 0 Å². The van der Waals surface area contributed by atoms with Crippen molar-refractivity contribution in [3.05, 3.63) is 90.5 Å². The van der Waals surface area contributed by atoms with Crippen molar-refractivity contribution in [3.8, 4) is 0 Å². The molecule has 3 nitrogen and oxygen atoms in total. The quantitative estimate of drug-likeness (QED) is 0.519. The van der Waals surface area contributed by atoms with E-state index in [2.05, 4.69) is 60.7 Å². The summed E-state index contributed by atoms with van der Waals surface area (Å²) in [6, 6.07) is 23.0. The molecule has 3 aromatic rings. The first-order valence-electron chi connectivity index (χ1n) is 7.22. The van der Waals surface area contributed by atoms with Crippen LogP contribution in [0.3, 0.4) is 0 Å². The zero-order valence-corrected chi connectivity index (χ0v) is 14.9. The summed E-state index contributed by atoms with van der Waals surface area (Å²) in [4.78, 5) is -1.04. The van der Waals surface area contributed by atoms with Gasteiger partial charge in [-0.15, -0.1) is 0 Å². The third-order valence-electron chi connectivity index (χ3n) is 3.10. The van der Waals surface area contributed by atoms with Gasteiger partial charge in [0.15, 0.2) is 0 Å². The molecular weight excluding hydrogens is 365 g/mol. The van der Waals surface area contributed by atoms with Gasteiger partial charge in [0.05, 0.1) is 24.1 Å². The van der Waals surface area contributed by atoms with Gasteiger partial charge in [-0.25, -0.2) is 17.2 Å². The van der Waals surface area contributed by atoms with Crippen LogP contribution in [0.4, 0.5) is 8.78 Å². The van der Waals surface area contributed by atoms with Crippen molar-refractivity contribution in [1.29, 1.82) is 0 Å². The lowest BCUT2D eigenvalue weighted by molar-refractivity contribution is 0.453. The molecule has 0 aromatic heterocycles. The minimum atomic E-state index is -4.84. The monoisotopic (exact) mass is 380 g/mol. The summed E-state index contributed by atoms with van der Waals surface area (Å²) in [6.07, 6.45) is 0. The Labute approximate surface area is 146 Å². The van der Waals surface area contributed by atoms with Crippen molar-refractivity contribution < 1.29 is 21.8 Å². The first-order chi connectivity index (χ1) is 11.9. The Morgan fingerprint density at radius 2 is 1.24 bits per heavy atom. The fraction of sp³-hybridized carbons (Fsp3) is 0. The molecule has 130 valence electrons. The third-order valence-corrected chi connectivity index (χ3v) is 5.40. The summed E-state index contributed by atoms with van der Waals surface area (Å²) < 4.78 is 55.5. The summed E-state index contributed by atoms with van der Waals surface area (Å²) in [5.74, 6) is -2.30. The summed E-state index contributed by atoms with van der Waals surface area (Å²) >= 11 is 0. The first-order valence-corrected chi connectivity index (χ1v) is 9.78. The Kier molecular flexibility index (Phi) is 6.76. The Morgan fingerprint density at radius 1 is 0.760 bits per heavy atom. The number of hydrogen-bond acceptors (Lipinski definition) is 3. The molecule has 0 heterocycles. The highest BCUT2D eigenvalue weighted by molar-refractivity contribution is 7.85. The lowest BCUT2D eigenvalue weighted by Gasteiger charge is -2.06. The van der Waals surface area contributed by atoms with E-state index in [-0.39, 0.29) is 8.58 Å². The molecule has 3 aromatic carbocycles. The molecule has 7 heteroatoms. The van der Waals surface area contributed by atoms with E-state index in [9.17, 15) is 21.8 Å². The molecule has 0 aliphatic carbocycles. The van der Waals surface area contributed by atoms with E-state index in [0.717, 1.165) is 0 Å². The summed E-state index contributed by atoms with van der Waals surface area (Å²) in [6.45, 7) is 0. The highest BCUT2D eigenvalue weighted by Gasteiger charge is 2.08. The molecule has 0 N–H and O–H groups in total. The zero-order chi connectivity index (χ0) is 18.3. The fourth-order valence-corrected chi connectivity index (χ4v) is 3.72. The van der Waals surface area contributed by atoms with Crippen molar-refractivity contribution in [2.24, 2.45) is 0 Å². The van der Waals surface area contributed by atoms with Gasteiger partial charge in [-0.2, -0.15) is 0 Å². The predicted molar refractivity (Wildman–Crippen MR) is 96.2 cm³/mol. The predicted octanol–water partition coefficient (Wildman–Crippen LogP) is 2.92. The molecule has 0 amide bonds. The molecule has 0 bridgehead atoms. The maximum atomic E-state index is 12.5. The van der Waals surface area contributed by atoms with Crippen molar-refractivity contribution in [2.75, 3.05) is 0 Å². The topological polar surface area (TPSA) is 57.2 Å². The maximum absolute atomic E-state index is 12.5. The lowest BCUT2D eigenvalue weighted by Crippen LogP contribution is -2.01. The number of benzene rings is 3. The molecule has 0 aliphatic rings. The van der Waals surface area contributed by atoms with Crippen LogP contribution >= 0.6 is 8.58 Å². The average Bonchev–Trinajstić information content (AvgIpc) is 2.56. The van der Waals surface area contributed by atoms with Gasteiger partial charge in [-0.3, -0.25) is 0 Å². The van der Waals surface area contributed by atoms with Gasteiger partial charge in [0, 0.05) is 6.07 Å². The smallest absolute Gasteiger partial charge is 0.143 e. The van der Waals surface area contributed by atoms with E-state index >= 15 is 0 Å². The number of rotatable bonds is 3. The third kappa shape index (κ3) is 6.35. The van der Waals surface area contributed by atoms with E-state index in [1.165, 1.54) is 10.6 Å². The van der Waals surface area contributed by atoms with Crippen molar-refractivity contribution >= 4 is 29.3 Å². The zero-order valence-electron chi connectivity index (χ0n) is 13.0. The molecule has 0 atom stereocenters. The van der Waals surface area contributed by atoms with Crippen LogP contribution in [0.2, 0.25) is 0 Å². The van der Waals surface area contributed by atoms with Crippen LogP contribution in [0.5, 0.6) is 0 Å². The Balaban J connectivity index is 0.000000181. The second-order valence-electron chi connectivity index (χ2n) is 4.99. The van der Waals surface area contributed by atoms with Crippen LogP contribution in [0.25, 0.3) is 0 Å². The Morgan fingerprint density at radius 3 is 1.64 bits per heavy atom. The van der Waals surface area contributed by atoms with Gasteiger partial charge >= 0.3 is 0 Å². The van der Waals surface area contributed by atoms with E-state index in [4.69, 9.17) is 0 Å². The van der Waals surface area contributed by atoms with E-state index in [1.54, 1.807) is 0 Å². The van der Waals surface area contributed by atoms with Gasteiger partial charge in [0.1, 0.15) is 21.8 Å². The van der Waals surface area contributed by atoms with Crippen LogP contribution in [-0.4, -0.2) is 13.0 Å². The van der Waals surface area contributed by atoms with Gasteiger partial charge in [-0.1, -0.05) is 36.4 Å². The Bertz CT molecular complexity index is 880. The van der Waals surface area contributed by atoms with Gasteiger partial charge in [0.25, 0.3) is 0 Å².